The number of hydrogen-bond donors (Lipinski definition) is 8. The van der Waals surface area contributed by atoms with Gasteiger partial charge < -0.3 is 72.0 Å². The zero-order chi connectivity index (χ0) is 60.4. The van der Waals surface area contributed by atoms with Gasteiger partial charge >= 0.3 is 22.2 Å². The van der Waals surface area contributed by atoms with E-state index in [9.17, 15) is 75.1 Å². The van der Waals surface area contributed by atoms with E-state index in [1.807, 2.05) is 33.5 Å². The van der Waals surface area contributed by atoms with Gasteiger partial charge in [0.15, 0.2) is 6.10 Å². The average molecular weight is 1230 g/mol. The van der Waals surface area contributed by atoms with Gasteiger partial charge in [0.05, 0.1) is 88.6 Å². The molecule has 2 fully saturated rings. The lowest BCUT2D eigenvalue weighted by Gasteiger charge is -2.38. The standard InChI is InChI=1S/C54H61F5N6O18S.CH3/c55-42-43(56)45(58)50(46(59)44(42)57)82-41(69)12-16-78-18-20-79-19-17-77-15-11-39(67)61-13-9-40(68)63-36-21-28(5-8-38(36)81-54-49(72)47(70)48(71)51(83-54)53(73)74)25-64-27-62-35(23-30-7-6-29-3-1-2-4-33(29)30)34-10-14-65(52(34)64)32-22-31(37(66)24-32)26-80-84(60,75)76;/h1-5,8,10,14,21,27,30-32,37,47-49,51,54,66,70-72H,6-7,9,11-13,15-20,22-26H2,(H4-,60,61,63,67,68,73,74,75,76);1H3/q;-1/p+1/t30-,31+,32-,37+,47-,48-,49+,51-,54+;/m0./s1. The van der Waals surface area contributed by atoms with Crippen LogP contribution in [-0.2, 0) is 72.0 Å². The Morgan fingerprint density at radius 2 is 1.48 bits per heavy atom. The third-order valence-corrected chi connectivity index (χ3v) is 14.9. The van der Waals surface area contributed by atoms with E-state index in [0.29, 0.717) is 18.4 Å². The van der Waals surface area contributed by atoms with Gasteiger partial charge in [-0.05, 0) is 60.1 Å². The molecule has 2 aromatic heterocycles. The number of ether oxygens (including phenoxy) is 6. The second-order valence-electron chi connectivity index (χ2n) is 20.2. The third kappa shape index (κ3) is 16.6. The highest BCUT2D eigenvalue weighted by Crippen LogP contribution is 2.40. The molecule has 0 radical (unpaired) electrons. The minimum atomic E-state index is -4.27. The summed E-state index contributed by atoms with van der Waals surface area (Å²) in [5.41, 5.74) is 4.63. The highest BCUT2D eigenvalue weighted by atomic mass is 32.2. The van der Waals surface area contributed by atoms with Gasteiger partial charge in [-0.1, -0.05) is 30.3 Å². The molecule has 1 saturated heterocycles. The van der Waals surface area contributed by atoms with Gasteiger partial charge in [0.25, 0.3) is 0 Å². The second-order valence-corrected chi connectivity index (χ2v) is 21.4. The molecule has 5 aromatic rings. The van der Waals surface area contributed by atoms with Crippen LogP contribution in [0.15, 0.2) is 61.1 Å². The predicted molar refractivity (Wildman–Crippen MR) is 285 cm³/mol. The van der Waals surface area contributed by atoms with Crippen molar-refractivity contribution in [2.45, 2.75) is 107 Å². The molecule has 1 aliphatic heterocycles. The summed E-state index contributed by atoms with van der Waals surface area (Å²) < 4.78 is 131. The van der Waals surface area contributed by atoms with Gasteiger partial charge in [-0.3, -0.25) is 23.1 Å². The van der Waals surface area contributed by atoms with Crippen LogP contribution in [0.3, 0.4) is 0 Å². The molecule has 9 N–H and O–H groups in total. The van der Waals surface area contributed by atoms with Crippen molar-refractivity contribution < 1.29 is 112 Å². The Morgan fingerprint density at radius 3 is 2.18 bits per heavy atom. The molecule has 3 heterocycles. The molecule has 3 aliphatic rings. The molecular weight excluding hydrogens is 1160 g/mol. The Morgan fingerprint density at radius 1 is 0.812 bits per heavy atom. The maximum atomic E-state index is 13.8. The van der Waals surface area contributed by atoms with Crippen molar-refractivity contribution in [1.29, 1.82) is 0 Å². The molecule has 0 bridgehead atoms. The van der Waals surface area contributed by atoms with E-state index in [0.717, 1.165) is 29.6 Å². The van der Waals surface area contributed by atoms with E-state index in [4.69, 9.17) is 38.0 Å². The smallest absolute Gasteiger partial charge is 0.335 e. The number of aliphatic hydroxyl groups excluding tert-OH is 4. The number of amides is 2. The molecule has 0 unspecified atom stereocenters. The van der Waals surface area contributed by atoms with Crippen molar-refractivity contribution in [3.05, 3.63) is 120 Å². The van der Waals surface area contributed by atoms with Crippen LogP contribution in [-0.4, -0.2) is 157 Å². The van der Waals surface area contributed by atoms with E-state index in [-0.39, 0.29) is 109 Å². The Hall–Kier alpha value is -6.84. The number of carboxylic acid groups (broad SMARTS) is 1. The van der Waals surface area contributed by atoms with Crippen molar-refractivity contribution in [2.75, 3.05) is 58.1 Å². The van der Waals surface area contributed by atoms with Crippen molar-refractivity contribution in [3.63, 3.8) is 0 Å². The SMILES string of the molecule is NS(=O)(=O)OC[C@H]1C[C@H](n2ccc3c(C[C@@H]4CCc5ccccc54)nc[n+](Cc4ccc(O[C@@H]5O[C@H](C(=O)O)[C@@H](O)[C@H](O)[C@H]5O)c(NC(=O)CCNC(=O)CCOCCOCCOCCC(=O)Oc5c(F)c(F)c(F)c(F)c5F)c4)c32)C[C@H]1O.[CH3-]. The lowest BCUT2D eigenvalue weighted by atomic mass is 9.95. The summed E-state index contributed by atoms with van der Waals surface area (Å²) in [5, 5.41) is 63.7. The maximum absolute atomic E-state index is 13.8. The first kappa shape index (κ1) is 65.7. The number of rotatable bonds is 28. The number of nitrogens with one attached hydrogen (secondary N) is 2. The minimum absolute atomic E-state index is 0. The summed E-state index contributed by atoms with van der Waals surface area (Å²) in [6.07, 6.45) is -5.04. The molecule has 0 spiro atoms. The number of nitrogens with two attached hydrogens (primary N) is 1. The number of benzene rings is 3. The first-order valence-corrected chi connectivity index (χ1v) is 28.1. The van der Waals surface area contributed by atoms with Crippen LogP contribution in [0.2, 0.25) is 0 Å². The predicted octanol–water partition coefficient (Wildman–Crippen LogP) is 2.47. The topological polar surface area (TPSA) is 340 Å². The number of carboxylic acids is 1. The summed E-state index contributed by atoms with van der Waals surface area (Å²) in [7, 11) is -4.27. The van der Waals surface area contributed by atoms with Crippen molar-refractivity contribution in [1.82, 2.24) is 14.9 Å². The van der Waals surface area contributed by atoms with Crippen molar-refractivity contribution >= 4 is 50.8 Å². The lowest BCUT2D eigenvalue weighted by Crippen LogP contribution is -2.61. The Labute approximate surface area is 483 Å². The van der Waals surface area contributed by atoms with E-state index in [2.05, 4.69) is 27.5 Å². The van der Waals surface area contributed by atoms with Crippen LogP contribution in [0, 0.1) is 42.4 Å². The van der Waals surface area contributed by atoms with Crippen molar-refractivity contribution in [3.8, 4) is 11.5 Å². The number of halogens is 5. The number of aliphatic carboxylic acids is 1. The Bertz CT molecular complexity index is 3280. The number of aromatic nitrogens is 3. The number of nitrogens with zero attached hydrogens (tertiary/aromatic N) is 3. The monoisotopic (exact) mass is 1220 g/mol. The first-order valence-electron chi connectivity index (χ1n) is 26.6. The van der Waals surface area contributed by atoms with Gasteiger partial charge in [0, 0.05) is 38.1 Å². The van der Waals surface area contributed by atoms with Crippen LogP contribution >= 0.6 is 0 Å². The second kappa shape index (κ2) is 29.5. The molecule has 30 heteroatoms. The Kier molecular flexibility index (Phi) is 22.8. The maximum Gasteiger partial charge on any atom is 0.335 e. The highest BCUT2D eigenvalue weighted by molar-refractivity contribution is 7.84. The Balaban J connectivity index is 0.0000104. The van der Waals surface area contributed by atoms with Crippen LogP contribution in [0.1, 0.15) is 72.9 Å². The number of aliphatic hydroxyl groups is 4. The molecule has 3 aromatic carbocycles. The summed E-state index contributed by atoms with van der Waals surface area (Å²) in [4.78, 5) is 55.0. The lowest BCUT2D eigenvalue weighted by molar-refractivity contribution is -0.668. The molecule has 1 saturated carbocycles. The summed E-state index contributed by atoms with van der Waals surface area (Å²) in [5.74, 6) is -17.8. The third-order valence-electron chi connectivity index (χ3n) is 14.4. The van der Waals surface area contributed by atoms with E-state index in [1.165, 1.54) is 17.2 Å². The quantitative estimate of drug-likeness (QED) is 0.00521. The number of carbonyl (C=O) groups is 4. The number of fused-ring (bicyclic) bond motifs is 2. The molecular formula is C55H65F5N6O18S. The number of esters is 1. The van der Waals surface area contributed by atoms with E-state index < -0.39 is 118 Å². The summed E-state index contributed by atoms with van der Waals surface area (Å²) >= 11 is 0. The molecule has 8 rings (SSSR count). The van der Waals surface area contributed by atoms with E-state index >= 15 is 0 Å². The summed E-state index contributed by atoms with van der Waals surface area (Å²) in [6, 6.07) is 14.5. The molecule has 85 heavy (non-hydrogen) atoms. The number of aryl methyl sites for hydroxylation is 1. The van der Waals surface area contributed by atoms with Crippen LogP contribution in [0.4, 0.5) is 27.6 Å². The van der Waals surface area contributed by atoms with Gasteiger partial charge in [-0.25, -0.2) is 27.7 Å². The molecule has 9 atom stereocenters. The number of anilines is 1. The number of carbonyl (C=O) groups excluding carboxylic acids is 3. The normalized spacial score (nSPS) is 22.0. The fourth-order valence-electron chi connectivity index (χ4n) is 10.2. The summed E-state index contributed by atoms with van der Waals surface area (Å²) in [6.45, 7) is -0.680. The molecule has 2 amide bonds. The average Bonchev–Trinajstić information content (AvgIpc) is 1.93. The number of hydrogen-bond acceptors (Lipinski definition) is 18. The van der Waals surface area contributed by atoms with Gasteiger partial charge in [0.1, 0.15) is 29.8 Å². The van der Waals surface area contributed by atoms with Crippen LogP contribution in [0.25, 0.3) is 11.0 Å². The zero-order valence-electron chi connectivity index (χ0n) is 45.8. The van der Waals surface area contributed by atoms with Gasteiger partial charge in [-0.15, -0.1) is 4.98 Å². The minimum Gasteiger partial charge on any atom is -0.479 e. The van der Waals surface area contributed by atoms with Gasteiger partial charge in [0.2, 0.25) is 64.9 Å². The van der Waals surface area contributed by atoms with Crippen molar-refractivity contribution in [2.24, 2.45) is 11.1 Å². The molecule has 2 aliphatic carbocycles. The van der Waals surface area contributed by atoms with E-state index in [1.54, 1.807) is 18.5 Å². The highest BCUT2D eigenvalue weighted by Gasteiger charge is 2.48. The van der Waals surface area contributed by atoms with Gasteiger partial charge in [-0.2, -0.15) is 17.2 Å². The zero-order valence-corrected chi connectivity index (χ0v) is 46.6. The largest absolute Gasteiger partial charge is 0.479 e. The fraction of sp³-hybridized carbons (Fsp3) is 0.473. The first-order chi connectivity index (χ1) is 40.1. The molecule has 464 valence electrons. The molecule has 24 nitrogen and oxygen atoms in total. The van der Waals surface area contributed by atoms with Crippen LogP contribution in [0.5, 0.6) is 11.5 Å². The fourth-order valence-corrected chi connectivity index (χ4v) is 10.6. The van der Waals surface area contributed by atoms with Crippen LogP contribution < -0.4 is 29.8 Å².